The lowest BCUT2D eigenvalue weighted by molar-refractivity contribution is 0.0930. The first-order valence-corrected chi connectivity index (χ1v) is 11.2. The number of benzene rings is 2. The van der Waals surface area contributed by atoms with E-state index in [2.05, 4.69) is 21.7 Å². The summed E-state index contributed by atoms with van der Waals surface area (Å²) in [4.78, 5) is 18.1. The van der Waals surface area contributed by atoms with Crippen LogP contribution in [0.15, 0.2) is 42.5 Å². The Balaban J connectivity index is 1.42. The third-order valence-corrected chi connectivity index (χ3v) is 6.60. The molecular weight excluding hydrogens is 402 g/mol. The largest absolute Gasteiger partial charge is 0.497 e. The molecule has 1 aromatic heterocycles. The first kappa shape index (κ1) is 20.8. The summed E-state index contributed by atoms with van der Waals surface area (Å²) in [6.07, 6.45) is 2.90. The van der Waals surface area contributed by atoms with Crippen LogP contribution in [0, 0.1) is 13.8 Å². The number of ether oxygens (including phenoxy) is 2. The second-order valence-electron chi connectivity index (χ2n) is 8.96. The summed E-state index contributed by atoms with van der Waals surface area (Å²) in [6.45, 7) is 5.60. The van der Waals surface area contributed by atoms with Crippen LogP contribution in [0.3, 0.4) is 0 Å². The van der Waals surface area contributed by atoms with Gasteiger partial charge in [0.05, 0.1) is 18.2 Å². The van der Waals surface area contributed by atoms with Crippen LogP contribution in [0.25, 0.3) is 10.9 Å². The van der Waals surface area contributed by atoms with Gasteiger partial charge in [0.25, 0.3) is 5.91 Å². The van der Waals surface area contributed by atoms with E-state index in [4.69, 9.17) is 9.47 Å². The Morgan fingerprint density at radius 1 is 1.16 bits per heavy atom. The van der Waals surface area contributed by atoms with E-state index in [1.807, 2.05) is 50.2 Å². The molecule has 1 unspecified atom stereocenters. The Bertz CT molecular complexity index is 1180. The van der Waals surface area contributed by atoms with Crippen LogP contribution in [-0.2, 0) is 5.54 Å². The predicted molar refractivity (Wildman–Crippen MR) is 124 cm³/mol. The molecule has 1 aliphatic carbocycles. The van der Waals surface area contributed by atoms with Gasteiger partial charge in [0.2, 0.25) is 0 Å². The van der Waals surface area contributed by atoms with E-state index in [1.54, 1.807) is 7.11 Å². The molecule has 1 amide bonds. The lowest BCUT2D eigenvalue weighted by Gasteiger charge is -2.27. The molecule has 2 heterocycles. The number of carbonyl (C=O) groups is 1. The van der Waals surface area contributed by atoms with Gasteiger partial charge in [0.1, 0.15) is 18.1 Å². The van der Waals surface area contributed by atoms with Crippen molar-refractivity contribution in [3.63, 3.8) is 0 Å². The molecule has 166 valence electrons. The number of pyridine rings is 1. The molecule has 2 aliphatic rings. The highest BCUT2D eigenvalue weighted by atomic mass is 16.5. The molecule has 2 aromatic carbocycles. The molecule has 2 N–H and O–H groups in total. The second-order valence-corrected chi connectivity index (χ2v) is 8.96. The number of amides is 1. The number of hydrogen-bond donors (Lipinski definition) is 2. The molecule has 1 atom stereocenters. The number of methoxy groups -OCH3 is 1. The number of fused-ring (bicyclic) bond motifs is 1. The molecule has 0 radical (unpaired) electrons. The van der Waals surface area contributed by atoms with Gasteiger partial charge < -0.3 is 20.1 Å². The Hall–Kier alpha value is -3.12. The summed E-state index contributed by atoms with van der Waals surface area (Å²) in [5, 5.41) is 7.70. The lowest BCUT2D eigenvalue weighted by atomic mass is 9.97. The molecular formula is C26H29N3O3. The van der Waals surface area contributed by atoms with Gasteiger partial charge in [-0.05, 0) is 75.0 Å². The first-order chi connectivity index (χ1) is 15.5. The van der Waals surface area contributed by atoms with Crippen LogP contribution >= 0.6 is 0 Å². The molecule has 0 spiro atoms. The van der Waals surface area contributed by atoms with Gasteiger partial charge in [-0.15, -0.1) is 0 Å². The van der Waals surface area contributed by atoms with Gasteiger partial charge in [-0.1, -0.05) is 12.1 Å². The van der Waals surface area contributed by atoms with Crippen molar-refractivity contribution < 1.29 is 14.3 Å². The van der Waals surface area contributed by atoms with Crippen LogP contribution in [-0.4, -0.2) is 37.2 Å². The zero-order valence-corrected chi connectivity index (χ0v) is 18.8. The van der Waals surface area contributed by atoms with Gasteiger partial charge in [-0.3, -0.25) is 9.78 Å². The quantitative estimate of drug-likeness (QED) is 0.591. The summed E-state index contributed by atoms with van der Waals surface area (Å²) in [5.41, 5.74) is 4.08. The van der Waals surface area contributed by atoms with Gasteiger partial charge >= 0.3 is 0 Å². The van der Waals surface area contributed by atoms with E-state index < -0.39 is 5.54 Å². The van der Waals surface area contributed by atoms with Gasteiger partial charge in [0.15, 0.2) is 0 Å². The van der Waals surface area contributed by atoms with E-state index in [0.29, 0.717) is 18.2 Å². The average molecular weight is 432 g/mol. The van der Waals surface area contributed by atoms with Crippen molar-refractivity contribution in [1.82, 2.24) is 15.6 Å². The van der Waals surface area contributed by atoms with Gasteiger partial charge in [-0.25, -0.2) is 0 Å². The number of hydrogen-bond acceptors (Lipinski definition) is 5. The molecule has 5 rings (SSSR count). The molecule has 6 nitrogen and oxygen atoms in total. The maximum atomic E-state index is 13.4. The fourth-order valence-corrected chi connectivity index (χ4v) is 4.32. The van der Waals surface area contributed by atoms with Crippen LogP contribution in [0.2, 0.25) is 0 Å². The van der Waals surface area contributed by atoms with Crippen LogP contribution in [0.4, 0.5) is 0 Å². The Morgan fingerprint density at radius 2 is 1.97 bits per heavy atom. The minimum atomic E-state index is -0.403. The van der Waals surface area contributed by atoms with E-state index in [9.17, 15) is 4.79 Å². The monoisotopic (exact) mass is 431 g/mol. The number of nitrogens with zero attached hydrogens (tertiary/aromatic N) is 1. The van der Waals surface area contributed by atoms with Crippen molar-refractivity contribution >= 4 is 16.8 Å². The maximum Gasteiger partial charge on any atom is 0.252 e. The highest BCUT2D eigenvalue weighted by Crippen LogP contribution is 2.49. The smallest absolute Gasteiger partial charge is 0.252 e. The third kappa shape index (κ3) is 3.91. The van der Waals surface area contributed by atoms with Gasteiger partial charge in [0, 0.05) is 28.8 Å². The second kappa shape index (κ2) is 8.10. The van der Waals surface area contributed by atoms with Crippen LogP contribution in [0.1, 0.15) is 46.4 Å². The normalized spacial score (nSPS) is 18.7. The summed E-state index contributed by atoms with van der Waals surface area (Å²) >= 11 is 0. The number of carbonyl (C=O) groups excluding carboxylic acids is 1. The molecule has 2 fully saturated rings. The van der Waals surface area contributed by atoms with Crippen molar-refractivity contribution in [1.29, 1.82) is 0 Å². The lowest BCUT2D eigenvalue weighted by Crippen LogP contribution is -2.46. The van der Waals surface area contributed by atoms with Crippen molar-refractivity contribution in [3.05, 3.63) is 64.8 Å². The Kier molecular flexibility index (Phi) is 5.25. The molecule has 1 saturated carbocycles. The highest BCUT2D eigenvalue weighted by molar-refractivity contribution is 5.97. The number of aromatic nitrogens is 1. The minimum absolute atomic E-state index is 0.0803. The average Bonchev–Trinajstić information content (AvgIpc) is 3.53. The molecule has 3 aromatic rings. The van der Waals surface area contributed by atoms with E-state index in [1.165, 1.54) is 0 Å². The Morgan fingerprint density at radius 3 is 2.66 bits per heavy atom. The van der Waals surface area contributed by atoms with Crippen molar-refractivity contribution in [2.75, 3.05) is 20.3 Å². The maximum absolute atomic E-state index is 13.4. The van der Waals surface area contributed by atoms with E-state index in [-0.39, 0.29) is 5.91 Å². The van der Waals surface area contributed by atoms with E-state index in [0.717, 1.165) is 65.0 Å². The zero-order valence-electron chi connectivity index (χ0n) is 18.8. The van der Waals surface area contributed by atoms with Crippen molar-refractivity contribution in [2.45, 2.75) is 44.7 Å². The first-order valence-electron chi connectivity index (χ1n) is 11.2. The predicted octanol–water partition coefficient (Wildman–Crippen LogP) is 4.02. The molecule has 6 heteroatoms. The minimum Gasteiger partial charge on any atom is -0.497 e. The summed E-state index contributed by atoms with van der Waals surface area (Å²) in [7, 11) is 1.66. The zero-order chi connectivity index (χ0) is 22.3. The summed E-state index contributed by atoms with van der Waals surface area (Å²) < 4.78 is 11.5. The Labute approximate surface area is 188 Å². The molecule has 0 bridgehead atoms. The van der Waals surface area contributed by atoms with Crippen LogP contribution < -0.4 is 20.1 Å². The molecule has 32 heavy (non-hydrogen) atoms. The number of aryl methyl sites for hydroxylation is 2. The number of rotatable bonds is 7. The van der Waals surface area contributed by atoms with Gasteiger partial charge in [-0.2, -0.15) is 0 Å². The molecule has 1 aliphatic heterocycles. The van der Waals surface area contributed by atoms with E-state index >= 15 is 0 Å². The van der Waals surface area contributed by atoms with Crippen molar-refractivity contribution in [2.24, 2.45) is 0 Å². The third-order valence-electron chi connectivity index (χ3n) is 6.60. The summed E-state index contributed by atoms with van der Waals surface area (Å²) in [6, 6.07) is 14.2. The van der Waals surface area contributed by atoms with Crippen molar-refractivity contribution in [3.8, 4) is 11.5 Å². The summed E-state index contributed by atoms with van der Waals surface area (Å²) in [5.74, 6) is 1.40. The fraction of sp³-hybridized carbons (Fsp3) is 0.385. The molecule has 1 saturated heterocycles. The topological polar surface area (TPSA) is 72.5 Å². The fourth-order valence-electron chi connectivity index (χ4n) is 4.32. The highest BCUT2D eigenvalue weighted by Gasteiger charge is 2.47. The van der Waals surface area contributed by atoms with Crippen LogP contribution in [0.5, 0.6) is 11.5 Å². The SMILES string of the molecule is COc1cc(C2(NC(=O)c3cc(OCC4CCN4)ccc3C)CC2)c2ccc(C)nc2c1. The standard InChI is InChI=1S/C26H29N3O3/c1-16-4-6-19(32-15-18-8-11-27-18)12-22(16)25(30)29-26(9-10-26)23-13-20(31-3)14-24-21(23)7-5-17(2)28-24/h4-7,12-14,18,27H,8-11,15H2,1-3H3,(H,29,30). The number of nitrogens with one attached hydrogen (secondary N) is 2.